The molecule has 5 nitrogen and oxygen atoms in total. The highest BCUT2D eigenvalue weighted by Crippen LogP contribution is 2.30. The third-order valence-corrected chi connectivity index (χ3v) is 3.14. The summed E-state index contributed by atoms with van der Waals surface area (Å²) in [6, 6.07) is 5.76. The van der Waals surface area contributed by atoms with Crippen LogP contribution in [0.3, 0.4) is 0 Å². The van der Waals surface area contributed by atoms with Crippen molar-refractivity contribution in [1.29, 1.82) is 0 Å². The molecule has 1 aromatic rings. The minimum atomic E-state index is -0.525. The Kier molecular flexibility index (Phi) is 5.24. The summed E-state index contributed by atoms with van der Waals surface area (Å²) in [6.07, 6.45) is 1.15. The molecule has 5 heteroatoms. The molecule has 1 aliphatic heterocycles. The number of benzene rings is 1. The van der Waals surface area contributed by atoms with Crippen LogP contribution < -0.4 is 14.8 Å². The maximum absolute atomic E-state index is 11.5. The standard InChI is InChI=1S/C15H21NO4/c1-3-7-16-10-11-4-5-12(18-2)14(9-11)20-13-6-8-19-15(13)17/h4-5,9,13,16H,3,6-8,10H2,1-2H3. The lowest BCUT2D eigenvalue weighted by Crippen LogP contribution is -2.22. The van der Waals surface area contributed by atoms with E-state index in [-0.39, 0.29) is 5.97 Å². The third kappa shape index (κ3) is 3.63. The van der Waals surface area contributed by atoms with Gasteiger partial charge < -0.3 is 19.5 Å². The fraction of sp³-hybridized carbons (Fsp3) is 0.533. The van der Waals surface area contributed by atoms with E-state index in [1.807, 2.05) is 18.2 Å². The van der Waals surface area contributed by atoms with Crippen LogP contribution in [0.1, 0.15) is 25.3 Å². The average Bonchev–Trinajstić information content (AvgIpc) is 2.85. The molecule has 1 aromatic carbocycles. The van der Waals surface area contributed by atoms with Gasteiger partial charge in [0.2, 0.25) is 0 Å². The highest BCUT2D eigenvalue weighted by atomic mass is 16.6. The van der Waals surface area contributed by atoms with E-state index in [2.05, 4.69) is 12.2 Å². The molecule has 110 valence electrons. The van der Waals surface area contributed by atoms with Crippen LogP contribution in [0.2, 0.25) is 0 Å². The molecular formula is C15H21NO4. The highest BCUT2D eigenvalue weighted by Gasteiger charge is 2.29. The Balaban J connectivity index is 2.07. The molecular weight excluding hydrogens is 258 g/mol. The van der Waals surface area contributed by atoms with Gasteiger partial charge in [-0.25, -0.2) is 4.79 Å². The molecule has 0 aliphatic carbocycles. The molecule has 0 aromatic heterocycles. The van der Waals surface area contributed by atoms with Gasteiger partial charge in [-0.3, -0.25) is 0 Å². The summed E-state index contributed by atoms with van der Waals surface area (Å²) in [5.74, 6) is 0.914. The van der Waals surface area contributed by atoms with Crippen LogP contribution in [0.4, 0.5) is 0 Å². The monoisotopic (exact) mass is 279 g/mol. The minimum absolute atomic E-state index is 0.304. The molecule has 1 atom stereocenters. The van der Waals surface area contributed by atoms with Crippen LogP contribution in [0, 0.1) is 0 Å². The molecule has 1 N–H and O–H groups in total. The SMILES string of the molecule is CCCNCc1ccc(OC)c(OC2CCOC2=O)c1. The summed E-state index contributed by atoms with van der Waals surface area (Å²) in [5, 5.41) is 3.33. The maximum Gasteiger partial charge on any atom is 0.347 e. The van der Waals surface area contributed by atoms with Crippen molar-refractivity contribution in [2.45, 2.75) is 32.4 Å². The van der Waals surface area contributed by atoms with Crippen LogP contribution in [0.5, 0.6) is 11.5 Å². The van der Waals surface area contributed by atoms with Crippen molar-refractivity contribution in [1.82, 2.24) is 5.32 Å². The van der Waals surface area contributed by atoms with E-state index in [0.29, 0.717) is 24.5 Å². The molecule has 0 bridgehead atoms. The van der Waals surface area contributed by atoms with Gasteiger partial charge in [0.25, 0.3) is 0 Å². The van der Waals surface area contributed by atoms with Crippen LogP contribution >= 0.6 is 0 Å². The van der Waals surface area contributed by atoms with Gasteiger partial charge in [0.15, 0.2) is 17.6 Å². The summed E-state index contributed by atoms with van der Waals surface area (Å²) in [6.45, 7) is 4.28. The third-order valence-electron chi connectivity index (χ3n) is 3.14. The van der Waals surface area contributed by atoms with E-state index in [9.17, 15) is 4.79 Å². The molecule has 1 heterocycles. The highest BCUT2D eigenvalue weighted by molar-refractivity contribution is 5.77. The minimum Gasteiger partial charge on any atom is -0.493 e. The first kappa shape index (κ1) is 14.7. The summed E-state index contributed by atoms with van der Waals surface area (Å²) in [7, 11) is 1.59. The first-order valence-corrected chi connectivity index (χ1v) is 6.95. The van der Waals surface area contributed by atoms with Crippen molar-refractivity contribution in [2.75, 3.05) is 20.3 Å². The number of cyclic esters (lactones) is 1. The molecule has 1 aliphatic rings. The number of nitrogens with one attached hydrogen (secondary N) is 1. The molecule has 1 fully saturated rings. The van der Waals surface area contributed by atoms with Crippen molar-refractivity contribution in [3.8, 4) is 11.5 Å². The zero-order valence-corrected chi connectivity index (χ0v) is 12.0. The van der Waals surface area contributed by atoms with Gasteiger partial charge in [-0.1, -0.05) is 13.0 Å². The van der Waals surface area contributed by atoms with Crippen molar-refractivity contribution in [3.63, 3.8) is 0 Å². The normalized spacial score (nSPS) is 17.9. The summed E-state index contributed by atoms with van der Waals surface area (Å²) < 4.78 is 15.9. The Bertz CT molecular complexity index is 461. The predicted octanol–water partition coefficient (Wildman–Crippen LogP) is 1.89. The quantitative estimate of drug-likeness (QED) is 0.610. The number of esters is 1. The van der Waals surface area contributed by atoms with Crippen LogP contribution in [-0.2, 0) is 16.1 Å². The number of methoxy groups -OCH3 is 1. The first-order chi connectivity index (χ1) is 9.74. The molecule has 20 heavy (non-hydrogen) atoms. The lowest BCUT2D eigenvalue weighted by Gasteiger charge is -2.15. The zero-order valence-electron chi connectivity index (χ0n) is 12.0. The van der Waals surface area contributed by atoms with Gasteiger partial charge in [0.05, 0.1) is 13.7 Å². The van der Waals surface area contributed by atoms with Crippen molar-refractivity contribution >= 4 is 5.97 Å². The van der Waals surface area contributed by atoms with Gasteiger partial charge >= 0.3 is 5.97 Å². The van der Waals surface area contributed by atoms with E-state index < -0.39 is 6.10 Å². The smallest absolute Gasteiger partial charge is 0.347 e. The fourth-order valence-corrected chi connectivity index (χ4v) is 2.07. The second kappa shape index (κ2) is 7.14. The molecule has 1 saturated heterocycles. The van der Waals surface area contributed by atoms with Crippen LogP contribution in [-0.4, -0.2) is 32.3 Å². The zero-order chi connectivity index (χ0) is 14.4. The molecule has 0 saturated carbocycles. The molecule has 0 spiro atoms. The molecule has 0 radical (unpaired) electrons. The van der Waals surface area contributed by atoms with Gasteiger partial charge in [-0.2, -0.15) is 0 Å². The van der Waals surface area contributed by atoms with Crippen LogP contribution in [0.15, 0.2) is 18.2 Å². The number of hydrogen-bond donors (Lipinski definition) is 1. The van der Waals surface area contributed by atoms with E-state index in [0.717, 1.165) is 25.1 Å². The van der Waals surface area contributed by atoms with E-state index >= 15 is 0 Å². The number of carbonyl (C=O) groups is 1. The average molecular weight is 279 g/mol. The van der Waals surface area contributed by atoms with E-state index in [1.165, 1.54) is 0 Å². The van der Waals surface area contributed by atoms with Gasteiger partial charge in [0, 0.05) is 13.0 Å². The Hall–Kier alpha value is -1.75. The fourth-order valence-electron chi connectivity index (χ4n) is 2.07. The predicted molar refractivity (Wildman–Crippen MR) is 75.0 cm³/mol. The van der Waals surface area contributed by atoms with Crippen molar-refractivity contribution in [2.24, 2.45) is 0 Å². The second-order valence-electron chi connectivity index (χ2n) is 4.72. The summed E-state index contributed by atoms with van der Waals surface area (Å²) in [4.78, 5) is 11.5. The van der Waals surface area contributed by atoms with Gasteiger partial charge in [-0.15, -0.1) is 0 Å². The van der Waals surface area contributed by atoms with Crippen LogP contribution in [0.25, 0.3) is 0 Å². The largest absolute Gasteiger partial charge is 0.493 e. The number of carbonyl (C=O) groups excluding carboxylic acids is 1. The Morgan fingerprint density at radius 2 is 2.25 bits per heavy atom. The number of ether oxygens (including phenoxy) is 3. The molecule has 2 rings (SSSR count). The second-order valence-corrected chi connectivity index (χ2v) is 4.72. The maximum atomic E-state index is 11.5. The summed E-state index contributed by atoms with van der Waals surface area (Å²) >= 11 is 0. The van der Waals surface area contributed by atoms with E-state index in [4.69, 9.17) is 14.2 Å². The van der Waals surface area contributed by atoms with Crippen molar-refractivity contribution < 1.29 is 19.0 Å². The lowest BCUT2D eigenvalue weighted by atomic mass is 10.2. The molecule has 0 amide bonds. The summed E-state index contributed by atoms with van der Waals surface area (Å²) in [5.41, 5.74) is 1.10. The molecule has 1 unspecified atom stereocenters. The Labute approximate surface area is 119 Å². The number of hydrogen-bond acceptors (Lipinski definition) is 5. The van der Waals surface area contributed by atoms with Gasteiger partial charge in [0.1, 0.15) is 0 Å². The lowest BCUT2D eigenvalue weighted by molar-refractivity contribution is -0.143. The Morgan fingerprint density at radius 1 is 1.40 bits per heavy atom. The van der Waals surface area contributed by atoms with E-state index in [1.54, 1.807) is 7.11 Å². The number of rotatable bonds is 7. The van der Waals surface area contributed by atoms with Crippen molar-refractivity contribution in [3.05, 3.63) is 23.8 Å². The first-order valence-electron chi connectivity index (χ1n) is 6.95. The Morgan fingerprint density at radius 3 is 2.90 bits per heavy atom. The van der Waals surface area contributed by atoms with Gasteiger partial charge in [-0.05, 0) is 30.7 Å². The topological polar surface area (TPSA) is 56.8 Å².